The Hall–Kier alpha value is -4.65. The van der Waals surface area contributed by atoms with Crippen LogP contribution >= 0.6 is 0 Å². The van der Waals surface area contributed by atoms with Gasteiger partial charge in [0.1, 0.15) is 11.6 Å². The standard InChI is InChI=1S/C29H19F3N2O2/c30-29(31,32)21-13-9-18(10-14-21)22-5-1-2-7-24(22)28(36)34-27-16-12-20-17-19(11-15-25(20)33-27)23-6-3-4-8-26(23)35/h1-17,35H,(H,33,34,36). The lowest BCUT2D eigenvalue weighted by atomic mass is 9.98. The molecule has 1 amide bonds. The van der Waals surface area contributed by atoms with Gasteiger partial charge in [0.2, 0.25) is 0 Å². The molecule has 0 radical (unpaired) electrons. The maximum Gasteiger partial charge on any atom is 0.416 e. The molecule has 0 spiro atoms. The molecule has 0 aliphatic rings. The smallest absolute Gasteiger partial charge is 0.416 e. The lowest BCUT2D eigenvalue weighted by Gasteiger charge is -2.12. The van der Waals surface area contributed by atoms with Crippen molar-refractivity contribution in [3.63, 3.8) is 0 Å². The number of amides is 1. The number of carbonyl (C=O) groups is 1. The van der Waals surface area contributed by atoms with Crippen molar-refractivity contribution in [2.75, 3.05) is 5.32 Å². The van der Waals surface area contributed by atoms with Gasteiger partial charge in [0, 0.05) is 16.5 Å². The Kier molecular flexibility index (Phi) is 5.90. The molecule has 0 bridgehead atoms. The third-order valence-electron chi connectivity index (χ3n) is 5.84. The van der Waals surface area contributed by atoms with Crippen LogP contribution in [0.4, 0.5) is 19.0 Å². The molecule has 0 saturated heterocycles. The molecular formula is C29H19F3N2O2. The van der Waals surface area contributed by atoms with Gasteiger partial charge < -0.3 is 10.4 Å². The Morgan fingerprint density at radius 3 is 2.14 bits per heavy atom. The summed E-state index contributed by atoms with van der Waals surface area (Å²) in [4.78, 5) is 17.6. The highest BCUT2D eigenvalue weighted by Crippen LogP contribution is 2.33. The third-order valence-corrected chi connectivity index (χ3v) is 5.84. The Morgan fingerprint density at radius 2 is 1.42 bits per heavy atom. The SMILES string of the molecule is O=C(Nc1ccc2cc(-c3ccccc3O)ccc2n1)c1ccccc1-c1ccc(C(F)(F)F)cc1. The highest BCUT2D eigenvalue weighted by Gasteiger charge is 2.30. The van der Waals surface area contributed by atoms with Crippen LogP contribution in [0.15, 0.2) is 103 Å². The summed E-state index contributed by atoms with van der Waals surface area (Å²) in [6.07, 6.45) is -4.43. The number of aromatic hydroxyl groups is 1. The number of alkyl halides is 3. The number of nitrogens with zero attached hydrogens (tertiary/aromatic N) is 1. The van der Waals surface area contributed by atoms with Crippen molar-refractivity contribution in [3.05, 3.63) is 114 Å². The second kappa shape index (κ2) is 9.19. The van der Waals surface area contributed by atoms with Gasteiger partial charge in [-0.3, -0.25) is 4.79 Å². The molecule has 0 saturated carbocycles. The molecule has 1 heterocycles. The van der Waals surface area contributed by atoms with Crippen LogP contribution in [-0.2, 0) is 6.18 Å². The Balaban J connectivity index is 1.41. The van der Waals surface area contributed by atoms with Gasteiger partial charge in [0.05, 0.1) is 11.1 Å². The van der Waals surface area contributed by atoms with Gasteiger partial charge in [-0.05, 0) is 65.2 Å². The molecule has 178 valence electrons. The average molecular weight is 484 g/mol. The molecular weight excluding hydrogens is 465 g/mol. The topological polar surface area (TPSA) is 62.2 Å². The minimum atomic E-state index is -4.43. The van der Waals surface area contributed by atoms with Crippen LogP contribution in [0.25, 0.3) is 33.2 Å². The lowest BCUT2D eigenvalue weighted by molar-refractivity contribution is -0.137. The van der Waals surface area contributed by atoms with E-state index in [1.165, 1.54) is 12.1 Å². The first-order valence-electron chi connectivity index (χ1n) is 11.1. The van der Waals surface area contributed by atoms with Gasteiger partial charge in [-0.25, -0.2) is 4.98 Å². The van der Waals surface area contributed by atoms with Crippen molar-refractivity contribution in [3.8, 4) is 28.0 Å². The summed E-state index contributed by atoms with van der Waals surface area (Å²) < 4.78 is 38.8. The molecule has 4 nitrogen and oxygen atoms in total. The van der Waals surface area contributed by atoms with Crippen molar-refractivity contribution in [2.45, 2.75) is 6.18 Å². The average Bonchev–Trinajstić information content (AvgIpc) is 2.88. The molecule has 0 atom stereocenters. The first kappa shape index (κ1) is 23.1. The van der Waals surface area contributed by atoms with E-state index in [0.717, 1.165) is 23.1 Å². The summed E-state index contributed by atoms with van der Waals surface area (Å²) in [6, 6.07) is 27.5. The zero-order valence-electron chi connectivity index (χ0n) is 18.8. The van der Waals surface area contributed by atoms with Gasteiger partial charge in [-0.1, -0.05) is 54.6 Å². The van der Waals surface area contributed by atoms with Crippen LogP contribution in [0.2, 0.25) is 0 Å². The predicted octanol–water partition coefficient (Wildman–Crippen LogP) is 7.55. The molecule has 0 unspecified atom stereocenters. The number of phenols is 1. The van der Waals surface area contributed by atoms with Crippen molar-refractivity contribution in [1.29, 1.82) is 0 Å². The number of aromatic nitrogens is 1. The Morgan fingerprint density at radius 1 is 0.750 bits per heavy atom. The number of hydrogen-bond donors (Lipinski definition) is 2. The van der Waals surface area contributed by atoms with Gasteiger partial charge in [0.15, 0.2) is 0 Å². The van der Waals surface area contributed by atoms with Gasteiger partial charge in [0.25, 0.3) is 5.91 Å². The van der Waals surface area contributed by atoms with Crippen LogP contribution in [0.5, 0.6) is 5.75 Å². The fourth-order valence-corrected chi connectivity index (χ4v) is 4.04. The summed E-state index contributed by atoms with van der Waals surface area (Å²) in [6.45, 7) is 0. The van der Waals surface area contributed by atoms with Crippen LogP contribution in [0, 0.1) is 0 Å². The third kappa shape index (κ3) is 4.63. The van der Waals surface area contributed by atoms with E-state index in [1.807, 2.05) is 36.4 Å². The van der Waals surface area contributed by atoms with Crippen molar-refractivity contribution >= 4 is 22.6 Å². The quantitative estimate of drug-likeness (QED) is 0.277. The molecule has 5 rings (SSSR count). The van der Waals surface area contributed by atoms with E-state index in [1.54, 1.807) is 42.5 Å². The number of carbonyl (C=O) groups excluding carboxylic acids is 1. The van der Waals surface area contributed by atoms with Crippen molar-refractivity contribution < 1.29 is 23.1 Å². The number of hydrogen-bond acceptors (Lipinski definition) is 3. The molecule has 5 aromatic rings. The maximum atomic E-state index is 13.1. The van der Waals surface area contributed by atoms with Crippen LogP contribution in [0.1, 0.15) is 15.9 Å². The second-order valence-corrected chi connectivity index (χ2v) is 8.20. The highest BCUT2D eigenvalue weighted by atomic mass is 19.4. The molecule has 7 heteroatoms. The highest BCUT2D eigenvalue weighted by molar-refractivity contribution is 6.08. The minimum absolute atomic E-state index is 0.181. The van der Waals surface area contributed by atoms with Gasteiger partial charge >= 0.3 is 6.18 Å². The van der Waals surface area contributed by atoms with E-state index in [9.17, 15) is 23.1 Å². The number of fused-ring (bicyclic) bond motifs is 1. The number of benzene rings is 4. The van der Waals surface area contributed by atoms with Crippen LogP contribution < -0.4 is 5.32 Å². The molecule has 4 aromatic carbocycles. The first-order chi connectivity index (χ1) is 17.3. The molecule has 0 aliphatic heterocycles. The summed E-state index contributed by atoms with van der Waals surface area (Å²) in [5, 5.41) is 13.7. The fourth-order valence-electron chi connectivity index (χ4n) is 4.04. The summed E-state index contributed by atoms with van der Waals surface area (Å²) in [5.41, 5.74) is 2.77. The van der Waals surface area contributed by atoms with E-state index in [2.05, 4.69) is 10.3 Å². The van der Waals surface area contributed by atoms with Crippen molar-refractivity contribution in [2.24, 2.45) is 0 Å². The zero-order chi connectivity index (χ0) is 25.3. The lowest BCUT2D eigenvalue weighted by Crippen LogP contribution is -2.14. The fraction of sp³-hybridized carbons (Fsp3) is 0.0345. The molecule has 2 N–H and O–H groups in total. The number of rotatable bonds is 4. The Bertz CT molecular complexity index is 1580. The normalized spacial score (nSPS) is 11.4. The molecule has 0 fully saturated rings. The van der Waals surface area contributed by atoms with Gasteiger partial charge in [-0.15, -0.1) is 0 Å². The number of pyridine rings is 1. The van der Waals surface area contributed by atoms with Crippen LogP contribution in [-0.4, -0.2) is 16.0 Å². The largest absolute Gasteiger partial charge is 0.507 e. The minimum Gasteiger partial charge on any atom is -0.507 e. The van der Waals surface area contributed by atoms with Crippen molar-refractivity contribution in [1.82, 2.24) is 4.98 Å². The molecule has 36 heavy (non-hydrogen) atoms. The monoisotopic (exact) mass is 484 g/mol. The molecule has 0 aliphatic carbocycles. The van der Waals surface area contributed by atoms with E-state index < -0.39 is 17.6 Å². The summed E-state index contributed by atoms with van der Waals surface area (Å²) in [5.74, 6) is 0.0913. The second-order valence-electron chi connectivity index (χ2n) is 8.20. The summed E-state index contributed by atoms with van der Waals surface area (Å²) in [7, 11) is 0. The van der Waals surface area contributed by atoms with E-state index in [4.69, 9.17) is 0 Å². The maximum absolute atomic E-state index is 13.1. The molecule has 1 aromatic heterocycles. The van der Waals surface area contributed by atoms with Gasteiger partial charge in [-0.2, -0.15) is 13.2 Å². The summed E-state index contributed by atoms with van der Waals surface area (Å²) >= 11 is 0. The van der Waals surface area contributed by atoms with Crippen LogP contribution in [0.3, 0.4) is 0 Å². The number of nitrogens with one attached hydrogen (secondary N) is 1. The van der Waals surface area contributed by atoms with E-state index in [-0.39, 0.29) is 5.75 Å². The number of halogens is 3. The Labute approximate surface area is 204 Å². The van der Waals surface area contributed by atoms with E-state index in [0.29, 0.717) is 33.6 Å². The first-order valence-corrected chi connectivity index (χ1v) is 11.1. The van der Waals surface area contributed by atoms with E-state index >= 15 is 0 Å². The number of para-hydroxylation sites is 1. The zero-order valence-corrected chi connectivity index (χ0v) is 18.8. The number of phenolic OH excluding ortho intramolecular Hbond substituents is 1. The number of anilines is 1. The predicted molar refractivity (Wildman–Crippen MR) is 134 cm³/mol.